The van der Waals surface area contributed by atoms with E-state index in [4.69, 9.17) is 9.84 Å². The molecule has 1 aliphatic heterocycles. The Bertz CT molecular complexity index is 217. The molecule has 2 N–H and O–H groups in total. The van der Waals surface area contributed by atoms with Crippen LogP contribution < -0.4 is 5.32 Å². The van der Waals surface area contributed by atoms with Crippen LogP contribution in [0.25, 0.3) is 0 Å². The Kier molecular flexibility index (Phi) is 5.73. The van der Waals surface area contributed by atoms with Crippen LogP contribution in [0.15, 0.2) is 0 Å². The Balaban J connectivity index is 2.47. The highest BCUT2D eigenvalue weighted by molar-refractivity contribution is 5.82. The van der Waals surface area contributed by atoms with Crippen molar-refractivity contribution in [3.63, 3.8) is 0 Å². The Hall–Kier alpha value is -0.650. The smallest absolute Gasteiger partial charge is 0.239 e. The van der Waals surface area contributed by atoms with E-state index in [-0.39, 0.29) is 24.7 Å². The van der Waals surface area contributed by atoms with E-state index in [1.54, 1.807) is 12.0 Å². The number of carbonyl (C=O) groups excluding carboxylic acids is 1. The van der Waals surface area contributed by atoms with Gasteiger partial charge in [-0.1, -0.05) is 6.92 Å². The van der Waals surface area contributed by atoms with E-state index < -0.39 is 0 Å². The molecule has 0 spiro atoms. The van der Waals surface area contributed by atoms with Crippen molar-refractivity contribution in [2.45, 2.75) is 31.9 Å². The first kappa shape index (κ1) is 13.4. The van der Waals surface area contributed by atoms with Gasteiger partial charge in [0.2, 0.25) is 5.91 Å². The summed E-state index contributed by atoms with van der Waals surface area (Å²) >= 11 is 0. The van der Waals surface area contributed by atoms with Crippen LogP contribution in [-0.2, 0) is 9.53 Å². The number of aliphatic hydroxyl groups is 1. The Morgan fingerprint density at radius 2 is 2.31 bits per heavy atom. The predicted molar refractivity (Wildman–Crippen MR) is 61.2 cm³/mol. The summed E-state index contributed by atoms with van der Waals surface area (Å²) in [5.74, 6) is 0.0791. The molecule has 1 heterocycles. The molecule has 2 atom stereocenters. The Morgan fingerprint density at radius 1 is 1.56 bits per heavy atom. The molecular weight excluding hydrogens is 208 g/mol. The number of hydrogen-bond acceptors (Lipinski definition) is 4. The lowest BCUT2D eigenvalue weighted by atomic mass is 10.1. The summed E-state index contributed by atoms with van der Waals surface area (Å²) in [4.78, 5) is 13.8. The molecule has 0 saturated carbocycles. The predicted octanol–water partition coefficient (Wildman–Crippen LogP) is -0.406. The molecule has 0 aliphatic carbocycles. The van der Waals surface area contributed by atoms with E-state index in [1.807, 2.05) is 6.92 Å². The molecule has 0 aromatic heterocycles. The summed E-state index contributed by atoms with van der Waals surface area (Å²) in [5.41, 5.74) is 0. The molecule has 0 radical (unpaired) electrons. The minimum absolute atomic E-state index is 0.0200. The molecule has 1 amide bonds. The minimum atomic E-state index is -0.150. The maximum absolute atomic E-state index is 12.1. The largest absolute Gasteiger partial charge is 0.395 e. The number of amides is 1. The lowest BCUT2D eigenvalue weighted by Gasteiger charge is -2.24. The fourth-order valence-electron chi connectivity index (χ4n) is 2.01. The molecule has 1 rings (SSSR count). The second-order valence-electron chi connectivity index (χ2n) is 4.10. The molecule has 16 heavy (non-hydrogen) atoms. The van der Waals surface area contributed by atoms with Gasteiger partial charge in [-0.3, -0.25) is 4.79 Å². The Labute approximate surface area is 96.8 Å². The zero-order valence-electron chi connectivity index (χ0n) is 10.1. The first-order valence-electron chi connectivity index (χ1n) is 5.88. The van der Waals surface area contributed by atoms with E-state index >= 15 is 0 Å². The number of ether oxygens (including phenoxy) is 1. The lowest BCUT2D eigenvalue weighted by molar-refractivity contribution is -0.133. The second-order valence-corrected chi connectivity index (χ2v) is 4.10. The summed E-state index contributed by atoms with van der Waals surface area (Å²) in [5, 5.41) is 12.1. The van der Waals surface area contributed by atoms with E-state index in [0.29, 0.717) is 13.1 Å². The van der Waals surface area contributed by atoms with Gasteiger partial charge in [-0.15, -0.1) is 0 Å². The van der Waals surface area contributed by atoms with E-state index in [2.05, 4.69) is 5.32 Å². The lowest BCUT2D eigenvalue weighted by Crippen LogP contribution is -2.45. The van der Waals surface area contributed by atoms with Crippen molar-refractivity contribution >= 4 is 5.91 Å². The molecule has 1 saturated heterocycles. The van der Waals surface area contributed by atoms with Crippen molar-refractivity contribution in [3.05, 3.63) is 0 Å². The van der Waals surface area contributed by atoms with Crippen LogP contribution in [0.4, 0.5) is 0 Å². The minimum Gasteiger partial charge on any atom is -0.395 e. The number of methoxy groups -OCH3 is 1. The van der Waals surface area contributed by atoms with Crippen LogP contribution in [-0.4, -0.2) is 61.4 Å². The van der Waals surface area contributed by atoms with Gasteiger partial charge in [-0.2, -0.15) is 0 Å². The standard InChI is InChI=1S/C11H22N2O3/c1-3-4-13(5-6-14)11(15)10-7-9(16-2)8-12-10/h9-10,12,14H,3-8H2,1-2H3. The molecule has 1 aliphatic rings. The van der Waals surface area contributed by atoms with Crippen molar-refractivity contribution in [1.82, 2.24) is 10.2 Å². The summed E-state index contributed by atoms with van der Waals surface area (Å²) < 4.78 is 5.21. The molecule has 0 aromatic carbocycles. The van der Waals surface area contributed by atoms with Crippen LogP contribution in [0.3, 0.4) is 0 Å². The van der Waals surface area contributed by atoms with Gasteiger partial charge in [0.05, 0.1) is 18.8 Å². The highest BCUT2D eigenvalue weighted by Gasteiger charge is 2.31. The number of aliphatic hydroxyl groups excluding tert-OH is 1. The van der Waals surface area contributed by atoms with Crippen molar-refractivity contribution in [1.29, 1.82) is 0 Å². The third-order valence-corrected chi connectivity index (χ3v) is 2.90. The Morgan fingerprint density at radius 3 is 2.81 bits per heavy atom. The highest BCUT2D eigenvalue weighted by Crippen LogP contribution is 2.12. The van der Waals surface area contributed by atoms with E-state index in [0.717, 1.165) is 19.4 Å². The molecular formula is C11H22N2O3. The zero-order chi connectivity index (χ0) is 12.0. The van der Waals surface area contributed by atoms with Gasteiger partial charge in [-0.05, 0) is 12.8 Å². The maximum atomic E-state index is 12.1. The maximum Gasteiger partial charge on any atom is 0.239 e. The zero-order valence-corrected chi connectivity index (χ0v) is 10.1. The highest BCUT2D eigenvalue weighted by atomic mass is 16.5. The van der Waals surface area contributed by atoms with Crippen LogP contribution in [0, 0.1) is 0 Å². The van der Waals surface area contributed by atoms with Gasteiger partial charge in [0.15, 0.2) is 0 Å². The van der Waals surface area contributed by atoms with Gasteiger partial charge < -0.3 is 20.1 Å². The van der Waals surface area contributed by atoms with Crippen molar-refractivity contribution < 1.29 is 14.6 Å². The van der Waals surface area contributed by atoms with Crippen LogP contribution in [0.2, 0.25) is 0 Å². The summed E-state index contributed by atoms with van der Waals surface area (Å²) in [6, 6.07) is -0.150. The van der Waals surface area contributed by atoms with Gasteiger partial charge in [0, 0.05) is 26.7 Å². The first-order valence-corrected chi connectivity index (χ1v) is 5.88. The number of nitrogens with one attached hydrogen (secondary N) is 1. The average Bonchev–Trinajstić information content (AvgIpc) is 2.76. The second kappa shape index (κ2) is 6.83. The topological polar surface area (TPSA) is 61.8 Å². The van der Waals surface area contributed by atoms with Gasteiger partial charge in [0.1, 0.15) is 0 Å². The normalized spacial score (nSPS) is 24.7. The third-order valence-electron chi connectivity index (χ3n) is 2.90. The van der Waals surface area contributed by atoms with Crippen LogP contribution in [0.5, 0.6) is 0 Å². The molecule has 5 heteroatoms. The van der Waals surface area contributed by atoms with E-state index in [9.17, 15) is 4.79 Å². The van der Waals surface area contributed by atoms with Crippen molar-refractivity contribution in [3.8, 4) is 0 Å². The fourth-order valence-corrected chi connectivity index (χ4v) is 2.01. The summed E-state index contributed by atoms with van der Waals surface area (Å²) in [7, 11) is 1.66. The van der Waals surface area contributed by atoms with Gasteiger partial charge >= 0.3 is 0 Å². The molecule has 94 valence electrons. The molecule has 0 aromatic rings. The average molecular weight is 230 g/mol. The SMILES string of the molecule is CCCN(CCO)C(=O)C1CC(OC)CN1. The third kappa shape index (κ3) is 3.43. The molecule has 0 bridgehead atoms. The molecule has 2 unspecified atom stereocenters. The van der Waals surface area contributed by atoms with E-state index in [1.165, 1.54) is 0 Å². The number of hydrogen-bond donors (Lipinski definition) is 2. The van der Waals surface area contributed by atoms with Crippen molar-refractivity contribution in [2.75, 3.05) is 33.4 Å². The summed E-state index contributed by atoms with van der Waals surface area (Å²) in [6.07, 6.45) is 1.76. The fraction of sp³-hybridized carbons (Fsp3) is 0.909. The number of carbonyl (C=O) groups is 1. The quantitative estimate of drug-likeness (QED) is 0.651. The molecule has 5 nitrogen and oxygen atoms in total. The number of nitrogens with zero attached hydrogens (tertiary/aromatic N) is 1. The van der Waals surface area contributed by atoms with Crippen LogP contribution in [0.1, 0.15) is 19.8 Å². The van der Waals surface area contributed by atoms with Gasteiger partial charge in [-0.25, -0.2) is 0 Å². The van der Waals surface area contributed by atoms with Crippen LogP contribution >= 0.6 is 0 Å². The van der Waals surface area contributed by atoms with Crippen molar-refractivity contribution in [2.24, 2.45) is 0 Å². The number of rotatable bonds is 6. The molecule has 1 fully saturated rings. The monoisotopic (exact) mass is 230 g/mol. The summed E-state index contributed by atoms with van der Waals surface area (Å²) in [6.45, 7) is 3.90. The first-order chi connectivity index (χ1) is 7.72. The van der Waals surface area contributed by atoms with Gasteiger partial charge in [0.25, 0.3) is 0 Å².